The van der Waals surface area contributed by atoms with Crippen LogP contribution in [0.4, 0.5) is 10.2 Å². The highest BCUT2D eigenvalue weighted by atomic mass is 19.1. The third kappa shape index (κ3) is 2.03. The molecule has 3 aromatic rings. The number of hydrogen-bond acceptors (Lipinski definition) is 3. The lowest BCUT2D eigenvalue weighted by molar-refractivity contribution is 0.636. The molecule has 0 amide bonds. The van der Waals surface area contributed by atoms with Gasteiger partial charge in [-0.1, -0.05) is 36.4 Å². The van der Waals surface area contributed by atoms with E-state index in [0.29, 0.717) is 11.3 Å². The van der Waals surface area contributed by atoms with Crippen molar-refractivity contribution in [2.24, 2.45) is 0 Å². The number of hydrogen-bond donors (Lipinski definition) is 1. The number of nitrogens with one attached hydrogen (secondary N) is 1. The second-order valence-corrected chi connectivity index (χ2v) is 5.43. The Morgan fingerprint density at radius 3 is 2.52 bits per heavy atom. The lowest BCUT2D eigenvalue weighted by Gasteiger charge is -2.19. The topological polar surface area (TPSA) is 37.8 Å². The van der Waals surface area contributed by atoms with E-state index < -0.39 is 0 Å². The minimum atomic E-state index is -0.317. The number of aromatic nitrogens is 2. The molecule has 3 nitrogen and oxygen atoms in total. The van der Waals surface area contributed by atoms with Crippen molar-refractivity contribution in [1.82, 2.24) is 9.97 Å². The lowest BCUT2D eigenvalue weighted by atomic mass is 10.0. The zero-order valence-corrected chi connectivity index (χ0v) is 11.4. The van der Waals surface area contributed by atoms with Crippen LogP contribution in [0.1, 0.15) is 18.4 Å². The van der Waals surface area contributed by atoms with Gasteiger partial charge < -0.3 is 5.32 Å². The van der Waals surface area contributed by atoms with Crippen LogP contribution >= 0.6 is 0 Å². The predicted molar refractivity (Wildman–Crippen MR) is 80.5 cm³/mol. The SMILES string of the molecule is Fc1cccc2c(NC3(c4ccccc4)CC3)ncnc12. The predicted octanol–water partition coefficient (Wildman–Crippen LogP) is 3.87. The third-order valence-corrected chi connectivity index (χ3v) is 4.05. The molecule has 4 rings (SSSR count). The average Bonchev–Trinajstić information content (AvgIpc) is 3.30. The van der Waals surface area contributed by atoms with E-state index in [1.165, 1.54) is 18.0 Å². The van der Waals surface area contributed by atoms with Gasteiger partial charge in [0.05, 0.1) is 5.54 Å². The van der Waals surface area contributed by atoms with E-state index in [0.717, 1.165) is 18.2 Å². The van der Waals surface area contributed by atoms with Crippen LogP contribution in [0, 0.1) is 5.82 Å². The number of halogens is 1. The van der Waals surface area contributed by atoms with Crippen molar-refractivity contribution in [3.63, 3.8) is 0 Å². The first-order valence-corrected chi connectivity index (χ1v) is 7.01. The Balaban J connectivity index is 1.77. The van der Waals surface area contributed by atoms with E-state index in [4.69, 9.17) is 0 Å². The highest BCUT2D eigenvalue weighted by molar-refractivity contribution is 5.89. The standard InChI is InChI=1S/C17H14FN3/c18-14-8-4-7-13-15(14)19-11-20-16(13)21-17(9-10-17)12-5-2-1-3-6-12/h1-8,11H,9-10H2,(H,19,20,21). The summed E-state index contributed by atoms with van der Waals surface area (Å²) in [4.78, 5) is 8.35. The van der Waals surface area contributed by atoms with Crippen molar-refractivity contribution in [3.8, 4) is 0 Å². The molecule has 0 unspecified atom stereocenters. The molecular weight excluding hydrogens is 265 g/mol. The zero-order valence-electron chi connectivity index (χ0n) is 11.4. The van der Waals surface area contributed by atoms with Crippen LogP contribution in [0.25, 0.3) is 10.9 Å². The maximum Gasteiger partial charge on any atom is 0.149 e. The van der Waals surface area contributed by atoms with E-state index >= 15 is 0 Å². The van der Waals surface area contributed by atoms with Gasteiger partial charge in [-0.15, -0.1) is 0 Å². The molecule has 1 saturated carbocycles. The minimum absolute atomic E-state index is 0.0745. The van der Waals surface area contributed by atoms with Crippen molar-refractivity contribution in [2.75, 3.05) is 5.32 Å². The molecule has 0 atom stereocenters. The van der Waals surface area contributed by atoms with Gasteiger partial charge in [0.1, 0.15) is 23.5 Å². The fraction of sp³-hybridized carbons (Fsp3) is 0.176. The van der Waals surface area contributed by atoms with Crippen molar-refractivity contribution in [2.45, 2.75) is 18.4 Å². The molecule has 4 heteroatoms. The van der Waals surface area contributed by atoms with Crippen LogP contribution in [0.3, 0.4) is 0 Å². The van der Waals surface area contributed by atoms with Gasteiger partial charge in [0.25, 0.3) is 0 Å². The summed E-state index contributed by atoms with van der Waals surface area (Å²) in [7, 11) is 0. The van der Waals surface area contributed by atoms with Crippen LogP contribution in [-0.4, -0.2) is 9.97 Å². The summed E-state index contributed by atoms with van der Waals surface area (Å²) in [6, 6.07) is 15.3. The molecule has 1 heterocycles. The normalized spacial score (nSPS) is 15.9. The number of anilines is 1. The minimum Gasteiger partial charge on any atom is -0.360 e. The number of fused-ring (bicyclic) bond motifs is 1. The number of para-hydroxylation sites is 1. The first-order chi connectivity index (χ1) is 10.3. The molecule has 0 spiro atoms. The van der Waals surface area contributed by atoms with E-state index in [1.54, 1.807) is 6.07 Å². The summed E-state index contributed by atoms with van der Waals surface area (Å²) < 4.78 is 13.8. The maximum atomic E-state index is 13.8. The van der Waals surface area contributed by atoms with Crippen LogP contribution in [0.5, 0.6) is 0 Å². The molecule has 2 aromatic carbocycles. The molecule has 1 aliphatic carbocycles. The summed E-state index contributed by atoms with van der Waals surface area (Å²) >= 11 is 0. The largest absolute Gasteiger partial charge is 0.360 e. The Kier molecular flexibility index (Phi) is 2.64. The molecule has 1 fully saturated rings. The summed E-state index contributed by atoms with van der Waals surface area (Å²) in [5, 5.41) is 4.22. The van der Waals surface area contributed by atoms with Gasteiger partial charge >= 0.3 is 0 Å². The molecule has 104 valence electrons. The average molecular weight is 279 g/mol. The molecule has 0 radical (unpaired) electrons. The molecule has 1 N–H and O–H groups in total. The van der Waals surface area contributed by atoms with E-state index in [2.05, 4.69) is 27.4 Å². The Hall–Kier alpha value is -2.49. The number of nitrogens with zero attached hydrogens (tertiary/aromatic N) is 2. The van der Waals surface area contributed by atoms with Gasteiger partial charge in [-0.3, -0.25) is 0 Å². The van der Waals surface area contributed by atoms with Crippen molar-refractivity contribution in [1.29, 1.82) is 0 Å². The van der Waals surface area contributed by atoms with E-state index in [1.807, 2.05) is 24.3 Å². The Labute approximate surface area is 121 Å². The first-order valence-electron chi connectivity index (χ1n) is 7.01. The third-order valence-electron chi connectivity index (χ3n) is 4.05. The van der Waals surface area contributed by atoms with Gasteiger partial charge in [0.15, 0.2) is 0 Å². The summed E-state index contributed by atoms with van der Waals surface area (Å²) in [6.07, 6.45) is 3.52. The van der Waals surface area contributed by atoms with E-state index in [9.17, 15) is 4.39 Å². The Bertz CT molecular complexity index is 797. The smallest absolute Gasteiger partial charge is 0.149 e. The fourth-order valence-corrected chi connectivity index (χ4v) is 2.75. The van der Waals surface area contributed by atoms with Crippen LogP contribution in [0.2, 0.25) is 0 Å². The van der Waals surface area contributed by atoms with Crippen molar-refractivity contribution >= 4 is 16.7 Å². The fourth-order valence-electron chi connectivity index (χ4n) is 2.75. The second-order valence-electron chi connectivity index (χ2n) is 5.43. The zero-order chi connectivity index (χ0) is 14.3. The maximum absolute atomic E-state index is 13.8. The summed E-state index contributed by atoms with van der Waals surface area (Å²) in [5.74, 6) is 0.378. The number of benzene rings is 2. The molecule has 0 saturated heterocycles. The monoisotopic (exact) mass is 279 g/mol. The summed E-state index contributed by atoms with van der Waals surface area (Å²) in [5.41, 5.74) is 1.53. The summed E-state index contributed by atoms with van der Waals surface area (Å²) in [6.45, 7) is 0. The highest BCUT2D eigenvalue weighted by Crippen LogP contribution is 2.48. The van der Waals surface area contributed by atoms with Crippen molar-refractivity contribution < 1.29 is 4.39 Å². The van der Waals surface area contributed by atoms with Crippen LogP contribution in [0.15, 0.2) is 54.9 Å². The molecule has 21 heavy (non-hydrogen) atoms. The quantitative estimate of drug-likeness (QED) is 0.791. The Morgan fingerprint density at radius 1 is 0.952 bits per heavy atom. The molecule has 1 aromatic heterocycles. The molecule has 0 aliphatic heterocycles. The number of rotatable bonds is 3. The van der Waals surface area contributed by atoms with Gasteiger partial charge in [-0.05, 0) is 30.5 Å². The molecule has 0 bridgehead atoms. The van der Waals surface area contributed by atoms with Crippen LogP contribution in [-0.2, 0) is 5.54 Å². The van der Waals surface area contributed by atoms with E-state index in [-0.39, 0.29) is 11.4 Å². The van der Waals surface area contributed by atoms with Gasteiger partial charge in [-0.25, -0.2) is 14.4 Å². The van der Waals surface area contributed by atoms with Gasteiger partial charge in [0.2, 0.25) is 0 Å². The molecular formula is C17H14FN3. The first kappa shape index (κ1) is 12.3. The second kappa shape index (κ2) is 4.52. The van der Waals surface area contributed by atoms with Gasteiger partial charge in [-0.2, -0.15) is 0 Å². The highest BCUT2D eigenvalue weighted by Gasteiger charge is 2.44. The molecule has 1 aliphatic rings. The van der Waals surface area contributed by atoms with Crippen LogP contribution < -0.4 is 5.32 Å². The van der Waals surface area contributed by atoms with Gasteiger partial charge in [0, 0.05) is 5.39 Å². The lowest BCUT2D eigenvalue weighted by Crippen LogP contribution is -2.19. The van der Waals surface area contributed by atoms with Crippen molar-refractivity contribution in [3.05, 3.63) is 66.2 Å². The Morgan fingerprint density at radius 2 is 1.76 bits per heavy atom.